The van der Waals surface area contributed by atoms with Crippen molar-refractivity contribution in [2.75, 3.05) is 20.2 Å². The van der Waals surface area contributed by atoms with Gasteiger partial charge in [0.25, 0.3) is 0 Å². The molecule has 1 amide bonds. The second kappa shape index (κ2) is 8.25. The third kappa shape index (κ3) is 4.66. The Morgan fingerprint density at radius 2 is 1.79 bits per heavy atom. The third-order valence-electron chi connectivity index (χ3n) is 5.42. The lowest BCUT2D eigenvalue weighted by Gasteiger charge is -2.20. The van der Waals surface area contributed by atoms with Gasteiger partial charge in [-0.1, -0.05) is 31.2 Å². The van der Waals surface area contributed by atoms with Crippen molar-refractivity contribution >= 4 is 5.91 Å². The standard InChI is InChI=1S/C22H24F3NO2/c1-15(16-3-7-19(8-4-16)22(23,24)25)13-21(27)26-12-11-18(14-26)17-5-9-20(28-2)10-6-17/h3-10,15,18H,11-14H2,1-2H3. The zero-order chi connectivity index (χ0) is 20.3. The molecule has 2 unspecified atom stereocenters. The fourth-order valence-corrected chi connectivity index (χ4v) is 3.64. The fourth-order valence-electron chi connectivity index (χ4n) is 3.64. The highest BCUT2D eigenvalue weighted by molar-refractivity contribution is 5.77. The van der Waals surface area contributed by atoms with Crippen LogP contribution in [0.4, 0.5) is 13.2 Å². The number of hydrogen-bond donors (Lipinski definition) is 0. The first kappa shape index (κ1) is 20.2. The molecule has 2 aromatic carbocycles. The molecule has 28 heavy (non-hydrogen) atoms. The smallest absolute Gasteiger partial charge is 0.416 e. The van der Waals surface area contributed by atoms with Crippen LogP contribution in [0, 0.1) is 0 Å². The Hall–Kier alpha value is -2.50. The largest absolute Gasteiger partial charge is 0.497 e. The molecule has 0 aliphatic carbocycles. The summed E-state index contributed by atoms with van der Waals surface area (Å²) in [6.07, 6.45) is -3.14. The molecular formula is C22H24F3NO2. The first-order valence-electron chi connectivity index (χ1n) is 9.37. The highest BCUT2D eigenvalue weighted by Crippen LogP contribution is 2.32. The molecule has 0 spiro atoms. The van der Waals surface area contributed by atoms with E-state index in [9.17, 15) is 18.0 Å². The van der Waals surface area contributed by atoms with Crippen molar-refractivity contribution < 1.29 is 22.7 Å². The van der Waals surface area contributed by atoms with Crippen molar-refractivity contribution in [3.63, 3.8) is 0 Å². The van der Waals surface area contributed by atoms with Crippen molar-refractivity contribution in [1.82, 2.24) is 4.90 Å². The summed E-state index contributed by atoms with van der Waals surface area (Å²) in [4.78, 5) is 14.5. The number of alkyl halides is 3. The maximum atomic E-state index is 12.7. The number of benzene rings is 2. The summed E-state index contributed by atoms with van der Waals surface area (Å²) in [7, 11) is 1.63. The predicted octanol–water partition coefficient (Wildman–Crippen LogP) is 5.22. The van der Waals surface area contributed by atoms with Crippen LogP contribution in [-0.2, 0) is 11.0 Å². The zero-order valence-corrected chi connectivity index (χ0v) is 16.0. The van der Waals surface area contributed by atoms with E-state index in [1.807, 2.05) is 36.1 Å². The minimum absolute atomic E-state index is 0.0448. The number of rotatable bonds is 5. The molecule has 1 aliphatic rings. The molecule has 3 nitrogen and oxygen atoms in total. The minimum atomic E-state index is -4.34. The van der Waals surface area contributed by atoms with E-state index in [1.165, 1.54) is 17.7 Å². The number of likely N-dealkylation sites (tertiary alicyclic amines) is 1. The van der Waals surface area contributed by atoms with Gasteiger partial charge in [0.05, 0.1) is 12.7 Å². The minimum Gasteiger partial charge on any atom is -0.497 e. The van der Waals surface area contributed by atoms with Crippen LogP contribution in [0.15, 0.2) is 48.5 Å². The molecule has 150 valence electrons. The topological polar surface area (TPSA) is 29.5 Å². The summed E-state index contributed by atoms with van der Waals surface area (Å²) in [6, 6.07) is 13.0. The van der Waals surface area contributed by atoms with E-state index >= 15 is 0 Å². The quantitative estimate of drug-likeness (QED) is 0.699. The highest BCUT2D eigenvalue weighted by atomic mass is 19.4. The van der Waals surface area contributed by atoms with Crippen LogP contribution in [0.3, 0.4) is 0 Å². The Labute approximate surface area is 163 Å². The van der Waals surface area contributed by atoms with E-state index in [0.29, 0.717) is 25.4 Å². The van der Waals surface area contributed by atoms with Crippen molar-refractivity contribution in [2.24, 2.45) is 0 Å². The van der Waals surface area contributed by atoms with Gasteiger partial charge in [0, 0.05) is 25.4 Å². The lowest BCUT2D eigenvalue weighted by Crippen LogP contribution is -2.29. The Morgan fingerprint density at radius 3 is 2.36 bits per heavy atom. The van der Waals surface area contributed by atoms with Crippen LogP contribution in [0.2, 0.25) is 0 Å². The Bertz CT molecular complexity index is 800. The summed E-state index contributed by atoms with van der Waals surface area (Å²) in [5, 5.41) is 0. The zero-order valence-electron chi connectivity index (χ0n) is 16.0. The maximum Gasteiger partial charge on any atom is 0.416 e. The monoisotopic (exact) mass is 391 g/mol. The average molecular weight is 391 g/mol. The first-order chi connectivity index (χ1) is 13.3. The van der Waals surface area contributed by atoms with Crippen molar-refractivity contribution in [3.8, 4) is 5.75 Å². The molecule has 1 saturated heterocycles. The van der Waals surface area contributed by atoms with E-state index in [4.69, 9.17) is 4.74 Å². The molecule has 1 aliphatic heterocycles. The van der Waals surface area contributed by atoms with Gasteiger partial charge in [-0.3, -0.25) is 4.79 Å². The van der Waals surface area contributed by atoms with Crippen LogP contribution in [0.25, 0.3) is 0 Å². The van der Waals surface area contributed by atoms with Gasteiger partial charge in [0.1, 0.15) is 5.75 Å². The second-order valence-corrected chi connectivity index (χ2v) is 7.32. The summed E-state index contributed by atoms with van der Waals surface area (Å²) in [5.41, 5.74) is 1.26. The van der Waals surface area contributed by atoms with E-state index in [-0.39, 0.29) is 11.8 Å². The number of nitrogens with zero attached hydrogens (tertiary/aromatic N) is 1. The molecule has 0 bridgehead atoms. The molecule has 0 saturated carbocycles. The number of ether oxygens (including phenoxy) is 1. The van der Waals surface area contributed by atoms with Crippen molar-refractivity contribution in [3.05, 3.63) is 65.2 Å². The number of carbonyl (C=O) groups is 1. The van der Waals surface area contributed by atoms with Crippen LogP contribution >= 0.6 is 0 Å². The first-order valence-corrected chi connectivity index (χ1v) is 9.37. The molecule has 2 atom stereocenters. The van der Waals surface area contributed by atoms with Crippen LogP contribution in [0.1, 0.15) is 48.3 Å². The SMILES string of the molecule is COc1ccc(C2CCN(C(=O)CC(C)c3ccc(C(F)(F)F)cc3)C2)cc1. The van der Waals surface area contributed by atoms with Crippen molar-refractivity contribution in [2.45, 2.75) is 37.8 Å². The Morgan fingerprint density at radius 1 is 1.14 bits per heavy atom. The summed E-state index contributed by atoms with van der Waals surface area (Å²) < 4.78 is 43.2. The van der Waals surface area contributed by atoms with Gasteiger partial charge < -0.3 is 9.64 Å². The van der Waals surface area contributed by atoms with Gasteiger partial charge in [-0.05, 0) is 47.7 Å². The normalized spacial score (nSPS) is 18.2. The van der Waals surface area contributed by atoms with Gasteiger partial charge in [-0.15, -0.1) is 0 Å². The van der Waals surface area contributed by atoms with Gasteiger partial charge in [-0.2, -0.15) is 13.2 Å². The molecule has 1 heterocycles. The second-order valence-electron chi connectivity index (χ2n) is 7.32. The van der Waals surface area contributed by atoms with E-state index in [0.717, 1.165) is 29.9 Å². The average Bonchev–Trinajstić information content (AvgIpc) is 3.18. The molecular weight excluding hydrogens is 367 g/mol. The molecule has 3 rings (SSSR count). The molecule has 0 radical (unpaired) electrons. The molecule has 1 fully saturated rings. The summed E-state index contributed by atoms with van der Waals surface area (Å²) >= 11 is 0. The van der Waals surface area contributed by atoms with Crippen molar-refractivity contribution in [1.29, 1.82) is 0 Å². The van der Waals surface area contributed by atoms with E-state index in [2.05, 4.69) is 0 Å². The Balaban J connectivity index is 1.57. The molecule has 2 aromatic rings. The summed E-state index contributed by atoms with van der Waals surface area (Å²) in [6.45, 7) is 3.25. The van der Waals surface area contributed by atoms with Gasteiger partial charge in [-0.25, -0.2) is 0 Å². The summed E-state index contributed by atoms with van der Waals surface area (Å²) in [5.74, 6) is 1.02. The lowest BCUT2D eigenvalue weighted by atomic mass is 9.96. The van der Waals surface area contributed by atoms with Crippen LogP contribution in [-0.4, -0.2) is 31.0 Å². The molecule has 0 aromatic heterocycles. The van der Waals surface area contributed by atoms with Crippen LogP contribution in [0.5, 0.6) is 5.75 Å². The number of hydrogen-bond acceptors (Lipinski definition) is 2. The maximum absolute atomic E-state index is 12.7. The van der Waals surface area contributed by atoms with E-state index in [1.54, 1.807) is 7.11 Å². The molecule has 6 heteroatoms. The van der Waals surface area contributed by atoms with Gasteiger partial charge in [0.2, 0.25) is 5.91 Å². The molecule has 0 N–H and O–H groups in total. The number of halogens is 3. The van der Waals surface area contributed by atoms with Gasteiger partial charge in [0.15, 0.2) is 0 Å². The Kier molecular flexibility index (Phi) is 5.96. The van der Waals surface area contributed by atoms with E-state index < -0.39 is 11.7 Å². The lowest BCUT2D eigenvalue weighted by molar-refractivity contribution is -0.137. The predicted molar refractivity (Wildman–Crippen MR) is 101 cm³/mol. The number of amides is 1. The van der Waals surface area contributed by atoms with Crippen LogP contribution < -0.4 is 4.74 Å². The number of carbonyl (C=O) groups excluding carboxylic acids is 1. The van der Waals surface area contributed by atoms with Gasteiger partial charge >= 0.3 is 6.18 Å². The highest BCUT2D eigenvalue weighted by Gasteiger charge is 2.31. The fraction of sp³-hybridized carbons (Fsp3) is 0.409. The number of methoxy groups -OCH3 is 1. The third-order valence-corrected chi connectivity index (χ3v) is 5.42.